The second-order valence-electron chi connectivity index (χ2n) is 4.30. The molecule has 0 saturated carbocycles. The van der Waals surface area contributed by atoms with Crippen LogP contribution in [0.25, 0.3) is 10.9 Å². The summed E-state index contributed by atoms with van der Waals surface area (Å²) in [5.41, 5.74) is 1.000. The molecule has 0 spiro atoms. The Morgan fingerprint density at radius 1 is 1.28 bits per heavy atom. The van der Waals surface area contributed by atoms with Crippen molar-refractivity contribution in [2.24, 2.45) is 0 Å². The molecule has 2 aromatic rings. The van der Waals surface area contributed by atoms with Crippen molar-refractivity contribution in [1.29, 1.82) is 0 Å². The summed E-state index contributed by atoms with van der Waals surface area (Å²) in [6.07, 6.45) is 0. The molecule has 4 heteroatoms. The van der Waals surface area contributed by atoms with Gasteiger partial charge in [-0.3, -0.25) is 0 Å². The summed E-state index contributed by atoms with van der Waals surface area (Å²) in [6, 6.07) is 12.2. The molecule has 0 bridgehead atoms. The van der Waals surface area contributed by atoms with E-state index < -0.39 is 0 Å². The van der Waals surface area contributed by atoms with Gasteiger partial charge in [0.05, 0.1) is 17.5 Å². The minimum Gasteiger partial charge on any atom is -0.383 e. The molecule has 18 heavy (non-hydrogen) atoms. The Morgan fingerprint density at radius 2 is 2.06 bits per heavy atom. The molecule has 0 aliphatic heterocycles. The molecular weight excluding hydrogens is 248 g/mol. The smallest absolute Gasteiger partial charge is 0.129 e. The van der Waals surface area contributed by atoms with Crippen LogP contribution in [0, 0.1) is 0 Å². The third-order valence-electron chi connectivity index (χ3n) is 2.79. The Kier molecular flexibility index (Phi) is 4.39. The summed E-state index contributed by atoms with van der Waals surface area (Å²) >= 11 is 6.15. The molecule has 1 heterocycles. The number of pyridine rings is 1. The number of hydrogen-bond acceptors (Lipinski definition) is 3. The van der Waals surface area contributed by atoms with Crippen molar-refractivity contribution >= 4 is 28.3 Å². The van der Waals surface area contributed by atoms with Gasteiger partial charge in [0.15, 0.2) is 0 Å². The van der Waals surface area contributed by atoms with Crippen molar-refractivity contribution in [3.05, 3.63) is 36.4 Å². The fraction of sp³-hybridized carbons (Fsp3) is 0.357. The Labute approximate surface area is 112 Å². The number of alkyl halides is 1. The predicted octanol–water partition coefficient (Wildman–Crippen LogP) is 2.92. The summed E-state index contributed by atoms with van der Waals surface area (Å²) in [5.74, 6) is 0.926. The van der Waals surface area contributed by atoms with Crippen molar-refractivity contribution < 1.29 is 4.74 Å². The van der Waals surface area contributed by atoms with Gasteiger partial charge in [-0.2, -0.15) is 0 Å². The lowest BCUT2D eigenvalue weighted by Gasteiger charge is -2.21. The van der Waals surface area contributed by atoms with Crippen LogP contribution in [0.1, 0.15) is 0 Å². The second-order valence-corrected chi connectivity index (χ2v) is 4.91. The number of methoxy groups -OCH3 is 1. The zero-order valence-corrected chi connectivity index (χ0v) is 11.4. The number of aromatic nitrogens is 1. The summed E-state index contributed by atoms with van der Waals surface area (Å²) in [6.45, 7) is 1.25. The number of anilines is 1. The highest BCUT2D eigenvalue weighted by Crippen LogP contribution is 2.17. The molecule has 1 aromatic carbocycles. The topological polar surface area (TPSA) is 25.4 Å². The van der Waals surface area contributed by atoms with E-state index >= 15 is 0 Å². The molecule has 0 amide bonds. The van der Waals surface area contributed by atoms with Crippen LogP contribution in [0.15, 0.2) is 36.4 Å². The Hall–Kier alpha value is -1.32. The molecule has 1 aromatic heterocycles. The third kappa shape index (κ3) is 3.12. The van der Waals surface area contributed by atoms with Crippen LogP contribution in [-0.2, 0) is 4.74 Å². The van der Waals surface area contributed by atoms with Gasteiger partial charge >= 0.3 is 0 Å². The predicted molar refractivity (Wildman–Crippen MR) is 76.5 cm³/mol. The number of halogens is 1. The normalized spacial score (nSPS) is 12.6. The zero-order chi connectivity index (χ0) is 13.0. The number of ether oxygens (including phenoxy) is 1. The first-order valence-corrected chi connectivity index (χ1v) is 6.34. The van der Waals surface area contributed by atoms with Gasteiger partial charge < -0.3 is 9.64 Å². The van der Waals surface area contributed by atoms with Crippen molar-refractivity contribution in [1.82, 2.24) is 4.98 Å². The van der Waals surface area contributed by atoms with E-state index in [4.69, 9.17) is 16.3 Å². The van der Waals surface area contributed by atoms with Crippen molar-refractivity contribution in [2.45, 2.75) is 5.38 Å². The van der Waals surface area contributed by atoms with E-state index in [-0.39, 0.29) is 5.38 Å². The maximum Gasteiger partial charge on any atom is 0.129 e. The Balaban J connectivity index is 2.15. The van der Waals surface area contributed by atoms with E-state index in [1.165, 1.54) is 0 Å². The highest BCUT2D eigenvalue weighted by Gasteiger charge is 2.10. The van der Waals surface area contributed by atoms with Gasteiger partial charge in [-0.25, -0.2) is 4.98 Å². The molecular formula is C14H17ClN2O. The molecule has 0 radical (unpaired) electrons. The van der Waals surface area contributed by atoms with E-state index in [9.17, 15) is 0 Å². The van der Waals surface area contributed by atoms with Gasteiger partial charge in [-0.15, -0.1) is 11.6 Å². The quantitative estimate of drug-likeness (QED) is 0.777. The number of benzene rings is 1. The van der Waals surface area contributed by atoms with Gasteiger partial charge in [0.25, 0.3) is 0 Å². The summed E-state index contributed by atoms with van der Waals surface area (Å²) in [4.78, 5) is 6.66. The highest BCUT2D eigenvalue weighted by atomic mass is 35.5. The summed E-state index contributed by atoms with van der Waals surface area (Å²) in [7, 11) is 3.64. The molecule has 0 fully saturated rings. The first-order valence-electron chi connectivity index (χ1n) is 5.90. The fourth-order valence-electron chi connectivity index (χ4n) is 1.89. The zero-order valence-electron chi connectivity index (χ0n) is 10.6. The third-order valence-corrected chi connectivity index (χ3v) is 3.06. The Morgan fingerprint density at radius 3 is 2.83 bits per heavy atom. The van der Waals surface area contributed by atoms with Crippen molar-refractivity contribution in [3.63, 3.8) is 0 Å². The molecule has 0 N–H and O–H groups in total. The van der Waals surface area contributed by atoms with Gasteiger partial charge in [-0.1, -0.05) is 18.2 Å². The minimum absolute atomic E-state index is 0.0340. The molecule has 1 unspecified atom stereocenters. The van der Waals surface area contributed by atoms with Crippen LogP contribution in [0.2, 0.25) is 0 Å². The van der Waals surface area contributed by atoms with Crippen LogP contribution in [0.4, 0.5) is 5.82 Å². The van der Waals surface area contributed by atoms with E-state index in [2.05, 4.69) is 17.1 Å². The number of nitrogens with zero attached hydrogens (tertiary/aromatic N) is 2. The van der Waals surface area contributed by atoms with Crippen LogP contribution < -0.4 is 4.90 Å². The second kappa shape index (κ2) is 6.03. The maximum absolute atomic E-state index is 6.15. The van der Waals surface area contributed by atoms with Gasteiger partial charge in [0.2, 0.25) is 0 Å². The molecule has 3 nitrogen and oxygen atoms in total. The first kappa shape index (κ1) is 13.1. The van der Waals surface area contributed by atoms with E-state index in [0.717, 1.165) is 16.7 Å². The fourth-order valence-corrected chi connectivity index (χ4v) is 2.23. The standard InChI is InChI=1S/C14H17ClN2O/c1-17(9-12(15)10-18-2)14-8-7-11-5-3-4-6-13(11)16-14/h3-8,12H,9-10H2,1-2H3. The van der Waals surface area contributed by atoms with Gasteiger partial charge in [-0.05, 0) is 18.2 Å². The summed E-state index contributed by atoms with van der Waals surface area (Å²) in [5, 5.41) is 1.11. The average molecular weight is 265 g/mol. The number of rotatable bonds is 5. The largest absolute Gasteiger partial charge is 0.383 e. The van der Waals surface area contributed by atoms with Crippen LogP contribution >= 0.6 is 11.6 Å². The van der Waals surface area contributed by atoms with Gasteiger partial charge in [0.1, 0.15) is 5.82 Å². The molecule has 0 saturated heterocycles. The highest BCUT2D eigenvalue weighted by molar-refractivity contribution is 6.21. The minimum atomic E-state index is -0.0340. The Bertz CT molecular complexity index is 518. The first-order chi connectivity index (χ1) is 8.70. The van der Waals surface area contributed by atoms with Crippen LogP contribution in [0.5, 0.6) is 0 Å². The lowest BCUT2D eigenvalue weighted by Crippen LogP contribution is -2.29. The molecule has 96 valence electrons. The van der Waals surface area contributed by atoms with Crippen molar-refractivity contribution in [3.8, 4) is 0 Å². The SMILES string of the molecule is COCC(Cl)CN(C)c1ccc2ccccc2n1. The van der Waals surface area contributed by atoms with E-state index in [1.54, 1.807) is 7.11 Å². The summed E-state index contributed by atoms with van der Waals surface area (Å²) < 4.78 is 5.03. The molecule has 2 rings (SSSR count). The van der Waals surface area contributed by atoms with Gasteiger partial charge in [0, 0.05) is 26.1 Å². The average Bonchev–Trinajstić information content (AvgIpc) is 2.38. The number of hydrogen-bond donors (Lipinski definition) is 0. The molecule has 0 aliphatic rings. The lowest BCUT2D eigenvalue weighted by atomic mass is 10.2. The monoisotopic (exact) mass is 264 g/mol. The molecule has 1 atom stereocenters. The van der Waals surface area contributed by atoms with E-state index in [0.29, 0.717) is 13.2 Å². The lowest BCUT2D eigenvalue weighted by molar-refractivity contribution is 0.199. The van der Waals surface area contributed by atoms with Crippen LogP contribution in [-0.4, -0.2) is 37.7 Å². The molecule has 0 aliphatic carbocycles. The van der Waals surface area contributed by atoms with Crippen LogP contribution in [0.3, 0.4) is 0 Å². The van der Waals surface area contributed by atoms with E-state index in [1.807, 2.05) is 36.2 Å². The number of fused-ring (bicyclic) bond motifs is 1. The maximum atomic E-state index is 6.15. The van der Waals surface area contributed by atoms with Crippen molar-refractivity contribution in [2.75, 3.05) is 32.2 Å². The number of para-hydroxylation sites is 1.